The SMILES string of the molecule is CC[N+]1(CCCSc2ccccc2)CC[C@H](OC(=O)[C@](OC(=O)C(F)(F)F)(c2ccco2)C2CCCCC2)C1. The van der Waals surface area contributed by atoms with Crippen LogP contribution in [-0.2, 0) is 24.7 Å². The normalized spacial score (nSPS) is 23.7. The molecule has 3 atom stereocenters. The lowest BCUT2D eigenvalue weighted by molar-refractivity contribution is -0.916. The number of alkyl halides is 3. The van der Waals surface area contributed by atoms with Crippen LogP contribution in [0.2, 0.25) is 0 Å². The lowest BCUT2D eigenvalue weighted by Gasteiger charge is -2.39. The van der Waals surface area contributed by atoms with E-state index in [0.29, 0.717) is 38.6 Å². The molecule has 0 spiro atoms. The lowest BCUT2D eigenvalue weighted by Crippen LogP contribution is -2.52. The molecule has 2 aromatic rings. The van der Waals surface area contributed by atoms with Crippen LogP contribution in [0.5, 0.6) is 0 Å². The lowest BCUT2D eigenvalue weighted by atomic mass is 9.75. The minimum Gasteiger partial charge on any atom is -0.464 e. The fourth-order valence-corrected chi connectivity index (χ4v) is 6.83. The van der Waals surface area contributed by atoms with Gasteiger partial charge in [-0.15, -0.1) is 11.8 Å². The highest BCUT2D eigenvalue weighted by atomic mass is 32.2. The molecule has 1 saturated carbocycles. The molecule has 0 amide bonds. The third-order valence-corrected chi connectivity index (χ3v) is 9.20. The van der Waals surface area contributed by atoms with E-state index in [0.717, 1.165) is 42.7 Å². The number of rotatable bonds is 11. The Bertz CT molecular complexity index is 1070. The van der Waals surface area contributed by atoms with Gasteiger partial charge in [-0.05, 0) is 44.0 Å². The summed E-state index contributed by atoms with van der Waals surface area (Å²) in [6.07, 6.45) is 0.285. The fraction of sp³-hybridized carbons (Fsp3) is 0.586. The third kappa shape index (κ3) is 7.01. The molecular formula is C29H37F3NO5S+. The quantitative estimate of drug-likeness (QED) is 0.134. The Balaban J connectivity index is 1.48. The first-order valence-corrected chi connectivity index (χ1v) is 14.8. The summed E-state index contributed by atoms with van der Waals surface area (Å²) >= 11 is 1.80. The van der Waals surface area contributed by atoms with Crippen LogP contribution >= 0.6 is 11.8 Å². The van der Waals surface area contributed by atoms with Crippen molar-refractivity contribution in [2.45, 2.75) is 74.6 Å². The van der Waals surface area contributed by atoms with E-state index >= 15 is 0 Å². The first-order chi connectivity index (χ1) is 18.7. The van der Waals surface area contributed by atoms with E-state index in [1.54, 1.807) is 11.8 Å². The van der Waals surface area contributed by atoms with Gasteiger partial charge in [0.15, 0.2) is 11.9 Å². The molecule has 214 valence electrons. The second-order valence-electron chi connectivity index (χ2n) is 10.6. The number of quaternary nitrogens is 1. The zero-order chi connectivity index (χ0) is 27.9. The number of thioether (sulfide) groups is 1. The second-order valence-corrected chi connectivity index (χ2v) is 11.7. The third-order valence-electron chi connectivity index (χ3n) is 8.11. The number of likely N-dealkylation sites (tertiary alicyclic amines) is 1. The second kappa shape index (κ2) is 12.8. The molecule has 1 aromatic carbocycles. The van der Waals surface area contributed by atoms with Crippen molar-refractivity contribution in [1.82, 2.24) is 0 Å². The van der Waals surface area contributed by atoms with Crippen molar-refractivity contribution >= 4 is 23.7 Å². The molecule has 1 aromatic heterocycles. The average Bonchev–Trinajstić information content (AvgIpc) is 3.61. The molecule has 0 bridgehead atoms. The Labute approximate surface area is 231 Å². The molecule has 1 aliphatic heterocycles. The topological polar surface area (TPSA) is 65.7 Å². The van der Waals surface area contributed by atoms with E-state index in [2.05, 4.69) is 19.1 Å². The molecule has 6 nitrogen and oxygen atoms in total. The number of hydrogen-bond acceptors (Lipinski definition) is 6. The predicted octanol–water partition coefficient (Wildman–Crippen LogP) is 6.50. The van der Waals surface area contributed by atoms with E-state index in [1.165, 1.54) is 23.3 Å². The fourth-order valence-electron chi connectivity index (χ4n) is 5.97. The van der Waals surface area contributed by atoms with E-state index in [4.69, 9.17) is 13.9 Å². The minimum atomic E-state index is -5.26. The van der Waals surface area contributed by atoms with Gasteiger partial charge in [0.25, 0.3) is 5.60 Å². The maximum atomic E-state index is 13.9. The zero-order valence-corrected chi connectivity index (χ0v) is 23.1. The predicted molar refractivity (Wildman–Crippen MR) is 141 cm³/mol. The van der Waals surface area contributed by atoms with Gasteiger partial charge in [0.05, 0.1) is 25.9 Å². The number of carbonyl (C=O) groups excluding carboxylic acids is 2. The Morgan fingerprint density at radius 2 is 1.77 bits per heavy atom. The van der Waals surface area contributed by atoms with Gasteiger partial charge in [-0.3, -0.25) is 0 Å². The smallest absolute Gasteiger partial charge is 0.464 e. The first-order valence-electron chi connectivity index (χ1n) is 13.8. The highest BCUT2D eigenvalue weighted by molar-refractivity contribution is 7.99. The summed E-state index contributed by atoms with van der Waals surface area (Å²) in [6, 6.07) is 13.1. The van der Waals surface area contributed by atoms with E-state index in [-0.39, 0.29) is 5.76 Å². The molecule has 0 N–H and O–H groups in total. The van der Waals surface area contributed by atoms with Crippen molar-refractivity contribution in [3.05, 3.63) is 54.5 Å². The molecule has 2 fully saturated rings. The van der Waals surface area contributed by atoms with Gasteiger partial charge in [0.1, 0.15) is 6.54 Å². The summed E-state index contributed by atoms with van der Waals surface area (Å²) in [5.41, 5.74) is -2.27. The highest BCUT2D eigenvalue weighted by Gasteiger charge is 2.59. The van der Waals surface area contributed by atoms with Crippen molar-refractivity contribution in [3.8, 4) is 0 Å². The van der Waals surface area contributed by atoms with E-state index < -0.39 is 35.7 Å². The minimum absolute atomic E-state index is 0.121. The van der Waals surface area contributed by atoms with Crippen LogP contribution < -0.4 is 0 Å². The van der Waals surface area contributed by atoms with Crippen LogP contribution in [0.25, 0.3) is 0 Å². The summed E-state index contributed by atoms with van der Waals surface area (Å²) in [5, 5.41) is 0. The molecule has 0 radical (unpaired) electrons. The molecule has 1 saturated heterocycles. The number of benzene rings is 1. The summed E-state index contributed by atoms with van der Waals surface area (Å²) in [6.45, 7) is 5.27. The first kappa shape index (κ1) is 29.5. The van der Waals surface area contributed by atoms with Crippen molar-refractivity contribution in [2.75, 3.05) is 31.9 Å². The maximum Gasteiger partial charge on any atom is 0.490 e. The van der Waals surface area contributed by atoms with Gasteiger partial charge in [-0.2, -0.15) is 13.2 Å². The molecule has 1 aliphatic carbocycles. The number of furan rings is 1. The zero-order valence-electron chi connectivity index (χ0n) is 22.3. The van der Waals surface area contributed by atoms with Crippen LogP contribution in [0.15, 0.2) is 58.0 Å². The van der Waals surface area contributed by atoms with E-state index in [9.17, 15) is 22.8 Å². The Kier molecular flexibility index (Phi) is 9.69. The summed E-state index contributed by atoms with van der Waals surface area (Å²) in [4.78, 5) is 27.2. The Hall–Kier alpha value is -2.46. The molecule has 2 aliphatic rings. The van der Waals surface area contributed by atoms with Crippen LogP contribution in [0, 0.1) is 5.92 Å². The Morgan fingerprint density at radius 1 is 1.03 bits per heavy atom. The van der Waals surface area contributed by atoms with Crippen molar-refractivity contribution in [1.29, 1.82) is 0 Å². The molecule has 10 heteroatoms. The van der Waals surface area contributed by atoms with Gasteiger partial charge >= 0.3 is 18.1 Å². The summed E-state index contributed by atoms with van der Waals surface area (Å²) < 4.78 is 57.5. The maximum absolute atomic E-state index is 13.9. The Morgan fingerprint density at radius 3 is 2.41 bits per heavy atom. The summed E-state index contributed by atoms with van der Waals surface area (Å²) in [5.74, 6) is -3.21. The average molecular weight is 569 g/mol. The molecule has 1 unspecified atom stereocenters. The largest absolute Gasteiger partial charge is 0.490 e. The number of carbonyl (C=O) groups is 2. The number of likely N-dealkylation sites (N-methyl/N-ethyl adjacent to an activating group) is 1. The number of halogens is 3. The van der Waals surface area contributed by atoms with E-state index in [1.807, 2.05) is 18.2 Å². The molecule has 39 heavy (non-hydrogen) atoms. The molecule has 2 heterocycles. The van der Waals surface area contributed by atoms with Crippen molar-refractivity contribution < 1.29 is 41.1 Å². The highest BCUT2D eigenvalue weighted by Crippen LogP contribution is 2.45. The number of hydrogen-bond donors (Lipinski definition) is 0. The van der Waals surface area contributed by atoms with Crippen LogP contribution in [0.3, 0.4) is 0 Å². The van der Waals surface area contributed by atoms with Gasteiger partial charge in [0, 0.05) is 29.4 Å². The number of nitrogens with zero attached hydrogens (tertiary/aromatic N) is 1. The van der Waals surface area contributed by atoms with Gasteiger partial charge in [0.2, 0.25) is 0 Å². The number of ether oxygens (including phenoxy) is 2. The van der Waals surface area contributed by atoms with Crippen LogP contribution in [0.1, 0.15) is 57.6 Å². The molecule has 4 rings (SSSR count). The van der Waals surface area contributed by atoms with Crippen molar-refractivity contribution in [3.63, 3.8) is 0 Å². The summed E-state index contributed by atoms with van der Waals surface area (Å²) in [7, 11) is 0. The monoisotopic (exact) mass is 568 g/mol. The van der Waals surface area contributed by atoms with Gasteiger partial charge in [-0.25, -0.2) is 9.59 Å². The van der Waals surface area contributed by atoms with Crippen molar-refractivity contribution in [2.24, 2.45) is 5.92 Å². The van der Waals surface area contributed by atoms with Crippen LogP contribution in [0.4, 0.5) is 13.2 Å². The molecular weight excluding hydrogens is 531 g/mol. The van der Waals surface area contributed by atoms with Gasteiger partial charge < -0.3 is 18.4 Å². The standard InChI is InChI=1S/C29H37F3NO5S/c1-2-33(17-10-20-39-24-13-7-4-8-14-24)18-16-23(21-33)37-26(34)28(25-15-9-19-36-25,22-11-5-3-6-12-22)38-27(35)29(30,31)32/h4,7-9,13-15,19,22-23H,2-3,5-6,10-12,16-18,20-21H2,1H3/q+1/t23-,28+,33?/m0/s1. The number of esters is 2. The van der Waals surface area contributed by atoms with Gasteiger partial charge in [-0.1, -0.05) is 37.5 Å². The van der Waals surface area contributed by atoms with Crippen LogP contribution in [-0.4, -0.2) is 60.6 Å².